The van der Waals surface area contributed by atoms with E-state index in [1.165, 1.54) is 0 Å². The van der Waals surface area contributed by atoms with Crippen LogP contribution in [0.4, 0.5) is 11.4 Å². The van der Waals surface area contributed by atoms with Crippen LogP contribution in [-0.4, -0.2) is 29.5 Å². The number of nitrogens with zero attached hydrogens (tertiary/aromatic N) is 3. The van der Waals surface area contributed by atoms with Crippen molar-refractivity contribution in [3.8, 4) is 11.5 Å². The van der Waals surface area contributed by atoms with Gasteiger partial charge in [0.15, 0.2) is 11.5 Å². The number of benzene rings is 2. The lowest BCUT2D eigenvalue weighted by molar-refractivity contribution is 0.458. The monoisotopic (exact) mass is 439 g/mol. The van der Waals surface area contributed by atoms with Crippen molar-refractivity contribution in [2.45, 2.75) is 37.9 Å². The maximum Gasteiger partial charge on any atom is 0.275 e. The summed E-state index contributed by atoms with van der Waals surface area (Å²) in [5, 5.41) is -1.21. The summed E-state index contributed by atoms with van der Waals surface area (Å²) in [5.41, 5.74) is 2.46. The number of hydrogen-bond acceptors (Lipinski definition) is 6. The Morgan fingerprint density at radius 3 is 2.29 bits per heavy atom. The SMILES string of the molecule is CCCCc1ccnc(C(CCN2c3ccccc3Oc3ccccc32)S(=O)(=O)O)n1. The minimum atomic E-state index is -4.39. The molecule has 162 valence electrons. The molecule has 0 aliphatic carbocycles. The van der Waals surface area contributed by atoms with Crippen LogP contribution in [0.5, 0.6) is 11.5 Å². The number of rotatable bonds is 8. The molecule has 0 fully saturated rings. The highest BCUT2D eigenvalue weighted by Crippen LogP contribution is 2.46. The third-order valence-corrected chi connectivity index (χ3v) is 6.48. The lowest BCUT2D eigenvalue weighted by Gasteiger charge is -2.33. The molecule has 7 nitrogen and oxygen atoms in total. The number of unbranched alkanes of at least 4 members (excludes halogenated alkanes) is 1. The summed E-state index contributed by atoms with van der Waals surface area (Å²) in [6.07, 6.45) is 4.39. The number of aryl methyl sites for hydroxylation is 1. The summed E-state index contributed by atoms with van der Waals surface area (Å²) in [6.45, 7) is 2.42. The van der Waals surface area contributed by atoms with Crippen molar-refractivity contribution >= 4 is 21.5 Å². The van der Waals surface area contributed by atoms with Crippen LogP contribution in [0.1, 0.15) is 43.0 Å². The maximum absolute atomic E-state index is 12.3. The topological polar surface area (TPSA) is 92.6 Å². The molecule has 0 bridgehead atoms. The number of aromatic nitrogens is 2. The van der Waals surface area contributed by atoms with Crippen molar-refractivity contribution in [1.29, 1.82) is 0 Å². The zero-order valence-corrected chi connectivity index (χ0v) is 18.1. The molecule has 8 heteroatoms. The van der Waals surface area contributed by atoms with E-state index in [4.69, 9.17) is 4.74 Å². The van der Waals surface area contributed by atoms with Crippen LogP contribution in [-0.2, 0) is 16.5 Å². The minimum Gasteiger partial charge on any atom is -0.453 e. The first-order chi connectivity index (χ1) is 15.0. The van der Waals surface area contributed by atoms with Crippen LogP contribution < -0.4 is 9.64 Å². The highest BCUT2D eigenvalue weighted by Gasteiger charge is 2.31. The molecule has 0 saturated heterocycles. The van der Waals surface area contributed by atoms with Gasteiger partial charge in [-0.1, -0.05) is 37.6 Å². The Kier molecular flexibility index (Phi) is 6.20. The summed E-state index contributed by atoms with van der Waals surface area (Å²) in [5.74, 6) is 1.52. The highest BCUT2D eigenvalue weighted by atomic mass is 32.2. The molecule has 1 aromatic heterocycles. The minimum absolute atomic E-state index is 0.124. The molecule has 0 saturated carbocycles. The lowest BCUT2D eigenvalue weighted by atomic mass is 10.1. The van der Waals surface area contributed by atoms with Gasteiger partial charge in [0.05, 0.1) is 11.4 Å². The van der Waals surface area contributed by atoms with E-state index >= 15 is 0 Å². The fourth-order valence-electron chi connectivity index (χ4n) is 3.74. The number of hydrogen-bond donors (Lipinski definition) is 1. The first-order valence-electron chi connectivity index (χ1n) is 10.4. The van der Waals surface area contributed by atoms with E-state index < -0.39 is 15.4 Å². The van der Waals surface area contributed by atoms with Crippen LogP contribution >= 0.6 is 0 Å². The highest BCUT2D eigenvalue weighted by molar-refractivity contribution is 7.86. The summed E-state index contributed by atoms with van der Waals surface area (Å²) in [6, 6.07) is 17.0. The predicted octanol–water partition coefficient (Wildman–Crippen LogP) is 5.08. The van der Waals surface area contributed by atoms with E-state index in [-0.39, 0.29) is 12.2 Å². The van der Waals surface area contributed by atoms with Crippen molar-refractivity contribution in [3.05, 3.63) is 72.3 Å². The van der Waals surface area contributed by atoms with Gasteiger partial charge in [0.1, 0.15) is 11.1 Å². The molecule has 2 heterocycles. The molecule has 0 amide bonds. The van der Waals surface area contributed by atoms with Gasteiger partial charge in [-0.2, -0.15) is 8.42 Å². The van der Waals surface area contributed by atoms with Gasteiger partial charge in [-0.05, 0) is 49.6 Å². The van der Waals surface area contributed by atoms with E-state index in [0.717, 1.165) is 36.3 Å². The Bertz CT molecular complexity index is 1120. The Morgan fingerprint density at radius 1 is 1.03 bits per heavy atom. The Hall–Kier alpha value is -2.97. The number of fused-ring (bicyclic) bond motifs is 2. The van der Waals surface area contributed by atoms with Crippen LogP contribution in [0, 0.1) is 0 Å². The molecule has 1 aliphatic rings. The van der Waals surface area contributed by atoms with Crippen molar-refractivity contribution < 1.29 is 17.7 Å². The molecular formula is C23H25N3O4S. The summed E-state index contributed by atoms with van der Waals surface area (Å²) in [7, 11) is -4.39. The van der Waals surface area contributed by atoms with Gasteiger partial charge >= 0.3 is 0 Å². The maximum atomic E-state index is 12.3. The van der Waals surface area contributed by atoms with E-state index in [1.807, 2.05) is 53.4 Å². The molecule has 1 atom stereocenters. The number of anilines is 2. The second-order valence-corrected chi connectivity index (χ2v) is 9.09. The Labute approximate surface area is 182 Å². The van der Waals surface area contributed by atoms with Crippen molar-refractivity contribution in [2.75, 3.05) is 11.4 Å². The third kappa shape index (κ3) is 4.70. The summed E-state index contributed by atoms with van der Waals surface area (Å²) < 4.78 is 40.5. The molecule has 0 spiro atoms. The average Bonchev–Trinajstić information content (AvgIpc) is 2.76. The van der Waals surface area contributed by atoms with Crippen LogP contribution in [0.2, 0.25) is 0 Å². The summed E-state index contributed by atoms with van der Waals surface area (Å²) in [4.78, 5) is 10.6. The molecule has 1 aliphatic heterocycles. The fourth-order valence-corrected chi connectivity index (χ4v) is 4.53. The smallest absolute Gasteiger partial charge is 0.275 e. The molecule has 1 N–H and O–H groups in total. The molecular weight excluding hydrogens is 414 g/mol. The Balaban J connectivity index is 1.64. The average molecular weight is 440 g/mol. The quantitative estimate of drug-likeness (QED) is 0.489. The Morgan fingerprint density at radius 2 is 1.68 bits per heavy atom. The fraction of sp³-hybridized carbons (Fsp3) is 0.304. The zero-order chi connectivity index (χ0) is 21.8. The molecule has 2 aromatic carbocycles. The lowest BCUT2D eigenvalue weighted by Crippen LogP contribution is -2.26. The summed E-state index contributed by atoms with van der Waals surface area (Å²) >= 11 is 0. The second kappa shape index (κ2) is 9.03. The van der Waals surface area contributed by atoms with E-state index in [9.17, 15) is 13.0 Å². The van der Waals surface area contributed by atoms with Crippen molar-refractivity contribution in [1.82, 2.24) is 9.97 Å². The van der Waals surface area contributed by atoms with Gasteiger partial charge in [0, 0.05) is 18.4 Å². The number of ether oxygens (including phenoxy) is 1. The van der Waals surface area contributed by atoms with Gasteiger partial charge in [0.2, 0.25) is 0 Å². The molecule has 4 rings (SSSR count). The van der Waals surface area contributed by atoms with E-state index in [2.05, 4.69) is 16.9 Å². The van der Waals surface area contributed by atoms with E-state index in [1.54, 1.807) is 12.3 Å². The van der Waals surface area contributed by atoms with Crippen LogP contribution in [0.25, 0.3) is 0 Å². The van der Waals surface area contributed by atoms with Crippen molar-refractivity contribution in [2.24, 2.45) is 0 Å². The van der Waals surface area contributed by atoms with E-state index in [0.29, 0.717) is 18.0 Å². The second-order valence-electron chi connectivity index (χ2n) is 7.49. The largest absolute Gasteiger partial charge is 0.453 e. The van der Waals surface area contributed by atoms with Gasteiger partial charge in [-0.25, -0.2) is 9.97 Å². The van der Waals surface area contributed by atoms with Gasteiger partial charge in [-0.3, -0.25) is 4.55 Å². The van der Waals surface area contributed by atoms with Crippen LogP contribution in [0.15, 0.2) is 60.8 Å². The molecule has 0 radical (unpaired) electrons. The van der Waals surface area contributed by atoms with Gasteiger partial charge in [-0.15, -0.1) is 0 Å². The third-order valence-electron chi connectivity index (χ3n) is 5.31. The zero-order valence-electron chi connectivity index (χ0n) is 17.3. The molecule has 3 aromatic rings. The molecule has 31 heavy (non-hydrogen) atoms. The van der Waals surface area contributed by atoms with Gasteiger partial charge in [0.25, 0.3) is 10.1 Å². The standard InChI is InChI=1S/C23H25N3O4S/c1-2-3-8-17-13-15-24-23(25-17)22(31(27,28)29)14-16-26-18-9-4-6-11-20(18)30-21-12-7-5-10-19(21)26/h4-7,9-13,15,22H,2-3,8,14,16H2,1H3,(H,27,28,29). The number of para-hydroxylation sites is 4. The van der Waals surface area contributed by atoms with Crippen molar-refractivity contribution in [3.63, 3.8) is 0 Å². The normalized spacial score (nSPS) is 13.8. The first-order valence-corrected chi connectivity index (χ1v) is 11.9. The van der Waals surface area contributed by atoms with Crippen LogP contribution in [0.3, 0.4) is 0 Å². The molecule has 1 unspecified atom stereocenters. The van der Waals surface area contributed by atoms with Gasteiger partial charge < -0.3 is 9.64 Å². The predicted molar refractivity (Wildman–Crippen MR) is 120 cm³/mol. The first kappa shape index (κ1) is 21.3.